The second-order valence-electron chi connectivity index (χ2n) is 14.3. The number of nitriles is 1. The van der Waals surface area contributed by atoms with Crippen LogP contribution in [0.1, 0.15) is 103 Å². The monoisotopic (exact) mass is 845 g/mol. The number of carbonyl (C=O) groups is 1. The fourth-order valence-corrected chi connectivity index (χ4v) is 7.64. The molecule has 2 aliphatic rings. The quantitative estimate of drug-likeness (QED) is 0.119. The zero-order chi connectivity index (χ0) is 35.1. The first-order valence-corrected chi connectivity index (χ1v) is 17.9. The van der Waals surface area contributed by atoms with E-state index in [1.54, 1.807) is 6.08 Å². The molecule has 2 aliphatic carbocycles. The third-order valence-corrected chi connectivity index (χ3v) is 9.91. The van der Waals surface area contributed by atoms with Crippen LogP contribution in [0.4, 0.5) is 0 Å². The van der Waals surface area contributed by atoms with Gasteiger partial charge in [-0.3, -0.25) is 9.78 Å². The summed E-state index contributed by atoms with van der Waals surface area (Å²) in [5.41, 5.74) is 12.8. The van der Waals surface area contributed by atoms with E-state index in [-0.39, 0.29) is 37.7 Å². The summed E-state index contributed by atoms with van der Waals surface area (Å²) in [5, 5.41) is 19.3. The molecule has 0 spiro atoms. The number of aliphatic hydroxyl groups excluding tert-OH is 1. The molecule has 0 amide bonds. The van der Waals surface area contributed by atoms with Gasteiger partial charge in [-0.15, -0.1) is 34.9 Å². The van der Waals surface area contributed by atoms with Gasteiger partial charge in [0.15, 0.2) is 5.78 Å². The maximum Gasteiger partial charge on any atom is 0.162 e. The number of aromatic nitrogens is 2. The predicted molar refractivity (Wildman–Crippen MR) is 199 cm³/mol. The maximum atomic E-state index is 12.0. The maximum absolute atomic E-state index is 12.0. The van der Waals surface area contributed by atoms with Crippen LogP contribution in [0.5, 0.6) is 0 Å². The van der Waals surface area contributed by atoms with Crippen molar-refractivity contribution in [2.45, 2.75) is 106 Å². The number of nitrogens with zero attached hydrogens (tertiary/aromatic N) is 3. The fourth-order valence-electron chi connectivity index (χ4n) is 7.64. The molecule has 4 aromatic rings. The third-order valence-electron chi connectivity index (χ3n) is 9.91. The van der Waals surface area contributed by atoms with Gasteiger partial charge in [-0.05, 0) is 82.2 Å². The van der Waals surface area contributed by atoms with E-state index in [0.29, 0.717) is 11.3 Å². The summed E-state index contributed by atoms with van der Waals surface area (Å²) in [7, 11) is 0. The van der Waals surface area contributed by atoms with Gasteiger partial charge in [0.05, 0.1) is 28.8 Å². The number of aliphatic hydroxyl groups is 1. The molecule has 0 bridgehead atoms. The van der Waals surface area contributed by atoms with Gasteiger partial charge in [-0.1, -0.05) is 81.7 Å². The van der Waals surface area contributed by atoms with Gasteiger partial charge in [0.25, 0.3) is 0 Å². The summed E-state index contributed by atoms with van der Waals surface area (Å²) in [6, 6.07) is 20.2. The molecule has 6 rings (SSSR count). The molecule has 3 aromatic carbocycles. The Labute approximate surface area is 312 Å². The van der Waals surface area contributed by atoms with E-state index in [4.69, 9.17) is 9.97 Å². The first-order valence-electron chi connectivity index (χ1n) is 17.9. The molecule has 1 aromatic heterocycles. The SMILES string of the molecule is Cc1[c-]c(-c2ncc(-c3c(C)cc(C#N)cc3C)nc2-c2cc(C)cc(C)c2)cc(C)c1.O=C(/C=C(\O)C1CCCCC1)C1CCCCC1.[Ir]. The third kappa shape index (κ3) is 9.87. The van der Waals surface area contributed by atoms with Gasteiger partial charge < -0.3 is 10.1 Å². The van der Waals surface area contributed by atoms with Crippen molar-refractivity contribution in [3.63, 3.8) is 0 Å². The topological polar surface area (TPSA) is 86.9 Å². The van der Waals surface area contributed by atoms with Gasteiger partial charge in [-0.25, -0.2) is 0 Å². The Bertz CT molecular complexity index is 1830. The Balaban J connectivity index is 0.000000264. The Morgan fingerprint density at radius 1 is 0.780 bits per heavy atom. The Hall–Kier alpha value is -3.91. The van der Waals surface area contributed by atoms with E-state index in [9.17, 15) is 15.2 Å². The first-order chi connectivity index (χ1) is 23.5. The van der Waals surface area contributed by atoms with Crippen LogP contribution in [-0.4, -0.2) is 20.9 Å². The molecule has 1 heterocycles. The minimum absolute atomic E-state index is 0. The van der Waals surface area contributed by atoms with Gasteiger partial charge in [-0.2, -0.15) is 5.26 Å². The largest absolute Gasteiger partial charge is 0.512 e. The summed E-state index contributed by atoms with van der Waals surface area (Å²) in [4.78, 5) is 22.1. The molecule has 263 valence electrons. The number of ketones is 1. The standard InChI is InChI=1S/C29H26N3.C15H24O2.Ir/c1-17-7-18(2)10-24(9-17)28-29(25-11-19(3)8-20(4)12-25)32-26(16-31-28)27-21(5)13-23(15-30)14-22(27)6;16-14(12-7-3-1-4-8-12)11-15(17)13-9-5-2-6-10-13;/h7-9,11-14,16H,1-6H3;11-13,16H,1-10H2;/q-1;;/b;14-11-;. The van der Waals surface area contributed by atoms with Crippen molar-refractivity contribution in [1.82, 2.24) is 9.97 Å². The number of benzene rings is 3. The van der Waals surface area contributed by atoms with Crippen molar-refractivity contribution in [1.29, 1.82) is 5.26 Å². The van der Waals surface area contributed by atoms with Gasteiger partial charge in [0.2, 0.25) is 0 Å². The summed E-state index contributed by atoms with van der Waals surface area (Å²) < 4.78 is 0. The van der Waals surface area contributed by atoms with Crippen LogP contribution in [0.2, 0.25) is 0 Å². The minimum Gasteiger partial charge on any atom is -0.512 e. The Kier molecular flexibility index (Phi) is 13.9. The zero-order valence-electron chi connectivity index (χ0n) is 30.5. The number of aryl methyl sites for hydroxylation is 6. The second kappa shape index (κ2) is 17.8. The van der Waals surface area contributed by atoms with Crippen molar-refractivity contribution in [2.24, 2.45) is 11.8 Å². The van der Waals surface area contributed by atoms with Crippen molar-refractivity contribution in [3.05, 3.63) is 106 Å². The van der Waals surface area contributed by atoms with Gasteiger partial charge in [0, 0.05) is 55.5 Å². The van der Waals surface area contributed by atoms with Crippen molar-refractivity contribution in [3.8, 4) is 39.8 Å². The van der Waals surface area contributed by atoms with Crippen molar-refractivity contribution >= 4 is 5.78 Å². The van der Waals surface area contributed by atoms with E-state index in [0.717, 1.165) is 76.1 Å². The molecule has 2 fully saturated rings. The summed E-state index contributed by atoms with van der Waals surface area (Å²) >= 11 is 0. The molecule has 0 atom stereocenters. The molecular weight excluding hydrogens is 795 g/mol. The van der Waals surface area contributed by atoms with Crippen LogP contribution in [-0.2, 0) is 24.9 Å². The number of carbonyl (C=O) groups excluding carboxylic acids is 1. The molecular formula is C44H50IrN3O2-. The Morgan fingerprint density at radius 3 is 1.90 bits per heavy atom. The summed E-state index contributed by atoms with van der Waals surface area (Å²) in [6.07, 6.45) is 14.8. The van der Waals surface area contributed by atoms with Crippen molar-refractivity contribution < 1.29 is 30.0 Å². The molecule has 6 heteroatoms. The molecule has 5 nitrogen and oxygen atoms in total. The summed E-state index contributed by atoms with van der Waals surface area (Å²) in [5.74, 6) is 0.985. The second-order valence-corrected chi connectivity index (χ2v) is 14.3. The zero-order valence-corrected chi connectivity index (χ0v) is 32.8. The smallest absolute Gasteiger partial charge is 0.162 e. The molecule has 2 saturated carbocycles. The normalized spacial score (nSPS) is 15.3. The van der Waals surface area contributed by atoms with E-state index >= 15 is 0 Å². The van der Waals surface area contributed by atoms with Crippen LogP contribution in [0.15, 0.2) is 60.5 Å². The molecule has 50 heavy (non-hydrogen) atoms. The number of hydrogen-bond donors (Lipinski definition) is 1. The van der Waals surface area contributed by atoms with E-state index in [1.807, 2.05) is 32.2 Å². The van der Waals surface area contributed by atoms with Gasteiger partial charge >= 0.3 is 0 Å². The van der Waals surface area contributed by atoms with Crippen LogP contribution in [0, 0.1) is 70.8 Å². The summed E-state index contributed by atoms with van der Waals surface area (Å²) in [6.45, 7) is 12.4. The van der Waals surface area contributed by atoms with E-state index in [2.05, 4.69) is 70.2 Å². The van der Waals surface area contributed by atoms with Crippen molar-refractivity contribution in [2.75, 3.05) is 0 Å². The van der Waals surface area contributed by atoms with Gasteiger partial charge in [0.1, 0.15) is 0 Å². The molecule has 0 saturated heterocycles. The fraction of sp³-hybridized carbons (Fsp3) is 0.409. The molecule has 0 aliphatic heterocycles. The van der Waals surface area contributed by atoms with Crippen LogP contribution in [0.3, 0.4) is 0 Å². The molecule has 1 N–H and O–H groups in total. The number of rotatable bonds is 6. The number of hydrogen-bond acceptors (Lipinski definition) is 5. The van der Waals surface area contributed by atoms with E-state index < -0.39 is 0 Å². The first kappa shape index (κ1) is 38.9. The molecule has 1 radical (unpaired) electrons. The van der Waals surface area contributed by atoms with E-state index in [1.165, 1.54) is 55.2 Å². The predicted octanol–water partition coefficient (Wildman–Crippen LogP) is 11.2. The minimum atomic E-state index is 0. The Morgan fingerprint density at radius 2 is 1.34 bits per heavy atom. The number of allylic oxidation sites excluding steroid dienone is 2. The molecule has 0 unspecified atom stereocenters. The average molecular weight is 845 g/mol. The van der Waals surface area contributed by atoms with Crippen LogP contribution >= 0.6 is 0 Å². The van der Waals surface area contributed by atoms with Crippen LogP contribution < -0.4 is 0 Å². The average Bonchev–Trinajstić information content (AvgIpc) is 3.08. The van der Waals surface area contributed by atoms with Crippen LogP contribution in [0.25, 0.3) is 33.8 Å².